The first-order valence-corrected chi connectivity index (χ1v) is 12.0. The van der Waals surface area contributed by atoms with Crippen LogP contribution >= 0.6 is 0 Å². The van der Waals surface area contributed by atoms with Crippen LogP contribution in [0.5, 0.6) is 0 Å². The standard InChI is InChI=1S/C29H29N5O3/c1-5-23(35)15-24(17(2)3)27(36)32-21-7-6-8-22(14-21)33-29-31-16-20-13-19(9-10-25(20)34-29)26-18(4)11-12-30-28(26)37/h5-14,16-17,24H,1,15H2,2-4H3,(H,30,37)(H,32,36)(H,31,33,34)/t24-/m0/s1. The van der Waals surface area contributed by atoms with Gasteiger partial charge in [-0.3, -0.25) is 14.4 Å². The average Bonchev–Trinajstić information content (AvgIpc) is 2.87. The van der Waals surface area contributed by atoms with Gasteiger partial charge in [-0.25, -0.2) is 9.97 Å². The summed E-state index contributed by atoms with van der Waals surface area (Å²) in [6.45, 7) is 9.23. The van der Waals surface area contributed by atoms with Crippen molar-refractivity contribution in [1.82, 2.24) is 15.0 Å². The molecule has 0 spiro atoms. The normalized spacial score (nSPS) is 11.8. The number of nitrogens with one attached hydrogen (secondary N) is 3. The largest absolute Gasteiger partial charge is 0.329 e. The monoisotopic (exact) mass is 495 g/mol. The Kier molecular flexibility index (Phi) is 7.57. The smallest absolute Gasteiger partial charge is 0.256 e. The maximum Gasteiger partial charge on any atom is 0.256 e. The lowest BCUT2D eigenvalue weighted by Gasteiger charge is -2.19. The van der Waals surface area contributed by atoms with Gasteiger partial charge in [0.1, 0.15) is 0 Å². The van der Waals surface area contributed by atoms with E-state index in [2.05, 4.69) is 32.2 Å². The molecule has 8 heteroatoms. The molecule has 8 nitrogen and oxygen atoms in total. The van der Waals surface area contributed by atoms with E-state index in [-0.39, 0.29) is 29.6 Å². The van der Waals surface area contributed by atoms with Crippen molar-refractivity contribution in [3.8, 4) is 11.1 Å². The van der Waals surface area contributed by atoms with Crippen molar-refractivity contribution >= 4 is 39.9 Å². The quantitative estimate of drug-likeness (QED) is 0.268. The molecule has 4 rings (SSSR count). The minimum Gasteiger partial charge on any atom is -0.329 e. The molecule has 0 unspecified atom stereocenters. The molecule has 0 aliphatic rings. The third kappa shape index (κ3) is 5.98. The van der Waals surface area contributed by atoms with Crippen LogP contribution in [0.25, 0.3) is 22.0 Å². The Hall–Kier alpha value is -4.59. The van der Waals surface area contributed by atoms with E-state index < -0.39 is 5.92 Å². The Morgan fingerprint density at radius 3 is 2.62 bits per heavy atom. The minimum atomic E-state index is -0.453. The summed E-state index contributed by atoms with van der Waals surface area (Å²) >= 11 is 0. The van der Waals surface area contributed by atoms with Crippen LogP contribution in [0.4, 0.5) is 17.3 Å². The number of benzene rings is 2. The molecule has 0 saturated carbocycles. The molecule has 1 atom stereocenters. The van der Waals surface area contributed by atoms with Crippen LogP contribution in [0, 0.1) is 18.8 Å². The van der Waals surface area contributed by atoms with Crippen molar-refractivity contribution in [2.24, 2.45) is 11.8 Å². The second-order valence-electron chi connectivity index (χ2n) is 9.25. The Bertz CT molecular complexity index is 1540. The van der Waals surface area contributed by atoms with Crippen molar-refractivity contribution in [3.05, 3.63) is 89.5 Å². The van der Waals surface area contributed by atoms with Crippen LogP contribution in [0.2, 0.25) is 0 Å². The number of anilines is 3. The summed E-state index contributed by atoms with van der Waals surface area (Å²) in [6, 6.07) is 14.7. The Morgan fingerprint density at radius 2 is 1.89 bits per heavy atom. The summed E-state index contributed by atoms with van der Waals surface area (Å²) in [7, 11) is 0. The number of allylic oxidation sites excluding steroid dienone is 1. The molecular weight excluding hydrogens is 466 g/mol. The summed E-state index contributed by atoms with van der Waals surface area (Å²) in [5, 5.41) is 6.88. The van der Waals surface area contributed by atoms with Crippen molar-refractivity contribution in [2.75, 3.05) is 10.6 Å². The number of aromatic amines is 1. The first-order valence-electron chi connectivity index (χ1n) is 12.0. The highest BCUT2D eigenvalue weighted by molar-refractivity contribution is 5.98. The molecule has 2 heterocycles. The molecule has 37 heavy (non-hydrogen) atoms. The van der Waals surface area contributed by atoms with E-state index in [0.717, 1.165) is 22.0 Å². The maximum absolute atomic E-state index is 12.8. The predicted molar refractivity (Wildman–Crippen MR) is 147 cm³/mol. The fraction of sp³-hybridized carbons (Fsp3) is 0.207. The number of aromatic nitrogens is 3. The topological polar surface area (TPSA) is 117 Å². The summed E-state index contributed by atoms with van der Waals surface area (Å²) < 4.78 is 0. The van der Waals surface area contributed by atoms with Gasteiger partial charge in [0.15, 0.2) is 5.78 Å². The highest BCUT2D eigenvalue weighted by Crippen LogP contribution is 2.25. The van der Waals surface area contributed by atoms with Gasteiger partial charge in [-0.2, -0.15) is 0 Å². The summed E-state index contributed by atoms with van der Waals surface area (Å²) in [5.74, 6) is -0.427. The maximum atomic E-state index is 12.8. The van der Waals surface area contributed by atoms with Crippen LogP contribution < -0.4 is 16.2 Å². The molecule has 0 saturated heterocycles. The zero-order valence-corrected chi connectivity index (χ0v) is 21.0. The number of hydrogen-bond acceptors (Lipinski definition) is 6. The first kappa shape index (κ1) is 25.5. The summed E-state index contributed by atoms with van der Waals surface area (Å²) in [6.07, 6.45) is 4.71. The average molecular weight is 496 g/mol. The van der Waals surface area contributed by atoms with E-state index in [4.69, 9.17) is 0 Å². The highest BCUT2D eigenvalue weighted by Gasteiger charge is 2.24. The molecule has 0 aliphatic heterocycles. The molecule has 4 aromatic rings. The zero-order valence-electron chi connectivity index (χ0n) is 21.0. The van der Waals surface area contributed by atoms with Gasteiger partial charge in [-0.05, 0) is 66.4 Å². The van der Waals surface area contributed by atoms with Gasteiger partial charge >= 0.3 is 0 Å². The second kappa shape index (κ2) is 11.0. The van der Waals surface area contributed by atoms with E-state index >= 15 is 0 Å². The highest BCUT2D eigenvalue weighted by atomic mass is 16.2. The van der Waals surface area contributed by atoms with Crippen LogP contribution in [0.3, 0.4) is 0 Å². The molecule has 0 fully saturated rings. The molecule has 1 amide bonds. The van der Waals surface area contributed by atoms with Crippen LogP contribution in [0.15, 0.2) is 78.4 Å². The van der Waals surface area contributed by atoms with Gasteiger partial charge in [-0.1, -0.05) is 32.6 Å². The number of pyridine rings is 1. The Morgan fingerprint density at radius 1 is 1.11 bits per heavy atom. The van der Waals surface area contributed by atoms with Crippen molar-refractivity contribution in [1.29, 1.82) is 0 Å². The number of rotatable bonds is 9. The number of amides is 1. The van der Waals surface area contributed by atoms with Crippen LogP contribution in [-0.4, -0.2) is 26.6 Å². The van der Waals surface area contributed by atoms with Crippen molar-refractivity contribution < 1.29 is 9.59 Å². The van der Waals surface area contributed by atoms with Crippen LogP contribution in [-0.2, 0) is 9.59 Å². The summed E-state index contributed by atoms with van der Waals surface area (Å²) in [5.41, 5.74) is 4.19. The lowest BCUT2D eigenvalue weighted by atomic mass is 9.89. The molecule has 3 N–H and O–H groups in total. The second-order valence-corrected chi connectivity index (χ2v) is 9.25. The van der Waals surface area contributed by atoms with E-state index in [1.54, 1.807) is 24.5 Å². The van der Waals surface area contributed by atoms with Crippen molar-refractivity contribution in [2.45, 2.75) is 27.2 Å². The number of aryl methyl sites for hydroxylation is 1. The Balaban J connectivity index is 1.52. The van der Waals surface area contributed by atoms with Crippen molar-refractivity contribution in [3.63, 3.8) is 0 Å². The first-order chi connectivity index (χ1) is 17.7. The van der Waals surface area contributed by atoms with E-state index in [1.165, 1.54) is 6.08 Å². The molecular formula is C29H29N5O3. The number of ketones is 1. The van der Waals surface area contributed by atoms with E-state index in [9.17, 15) is 14.4 Å². The van der Waals surface area contributed by atoms with Gasteiger partial charge in [0.05, 0.1) is 5.52 Å². The zero-order chi connectivity index (χ0) is 26.5. The number of carbonyl (C=O) groups is 2. The number of H-pyrrole nitrogens is 1. The van der Waals surface area contributed by atoms with Gasteiger partial charge in [-0.15, -0.1) is 0 Å². The molecule has 188 valence electrons. The lowest BCUT2D eigenvalue weighted by Crippen LogP contribution is -2.28. The van der Waals surface area contributed by atoms with Gasteiger partial charge < -0.3 is 15.6 Å². The number of carbonyl (C=O) groups excluding carboxylic acids is 2. The molecule has 0 bridgehead atoms. The Labute approximate surface area is 214 Å². The molecule has 2 aromatic heterocycles. The van der Waals surface area contributed by atoms with E-state index in [1.807, 2.05) is 57.2 Å². The van der Waals surface area contributed by atoms with E-state index in [0.29, 0.717) is 22.9 Å². The molecule has 0 radical (unpaired) electrons. The molecule has 0 aliphatic carbocycles. The fourth-order valence-corrected chi connectivity index (χ4v) is 4.15. The number of fused-ring (bicyclic) bond motifs is 1. The van der Waals surface area contributed by atoms with Gasteiger partial charge in [0, 0.05) is 47.1 Å². The SMILES string of the molecule is C=CC(=O)C[C@H](C(=O)Nc1cccc(Nc2ncc3cc(-c4c(C)cc[nH]c4=O)ccc3n2)c1)C(C)C. The number of nitrogens with zero attached hydrogens (tertiary/aromatic N) is 2. The molecule has 2 aromatic carbocycles. The lowest BCUT2D eigenvalue weighted by molar-refractivity contribution is -0.125. The summed E-state index contributed by atoms with van der Waals surface area (Å²) in [4.78, 5) is 48.7. The third-order valence-corrected chi connectivity index (χ3v) is 6.21. The minimum absolute atomic E-state index is 0.000824. The van der Waals surface area contributed by atoms with Crippen LogP contribution in [0.1, 0.15) is 25.8 Å². The fourth-order valence-electron chi connectivity index (χ4n) is 4.15. The van der Waals surface area contributed by atoms with Gasteiger partial charge in [0.2, 0.25) is 11.9 Å². The number of hydrogen-bond donors (Lipinski definition) is 3. The third-order valence-electron chi connectivity index (χ3n) is 6.21. The predicted octanol–water partition coefficient (Wildman–Crippen LogP) is 5.39. The van der Waals surface area contributed by atoms with Gasteiger partial charge in [0.25, 0.3) is 5.56 Å².